The number of hydrogen-bond donors (Lipinski definition) is 2. The Bertz CT molecular complexity index is 440. The number of nitrogens with one attached hydrogen (secondary N) is 1. The summed E-state index contributed by atoms with van der Waals surface area (Å²) in [4.78, 5) is 11.7. The van der Waals surface area contributed by atoms with E-state index in [0.717, 1.165) is 18.5 Å². The molecule has 0 aromatic carbocycles. The van der Waals surface area contributed by atoms with Gasteiger partial charge in [-0.05, 0) is 25.7 Å². The molecule has 6 heteroatoms. The molecule has 0 amide bonds. The maximum atomic E-state index is 11.7. The van der Waals surface area contributed by atoms with Crippen LogP contribution in [0.25, 0.3) is 0 Å². The lowest BCUT2D eigenvalue weighted by Gasteiger charge is -2.11. The first-order valence-electron chi connectivity index (χ1n) is 6.70. The molecular formula is C13H21N3O3. The van der Waals surface area contributed by atoms with E-state index in [2.05, 4.69) is 10.4 Å². The van der Waals surface area contributed by atoms with Crippen LogP contribution in [0.5, 0.6) is 0 Å². The smallest absolute Gasteiger partial charge is 0.341 e. The summed E-state index contributed by atoms with van der Waals surface area (Å²) in [5.74, 6) is 0.0960. The van der Waals surface area contributed by atoms with Gasteiger partial charge in [0.1, 0.15) is 5.56 Å². The number of carbonyl (C=O) groups excluding carboxylic acids is 1. The lowest BCUT2D eigenvalue weighted by molar-refractivity contribution is 0.0524. The van der Waals surface area contributed by atoms with Crippen molar-refractivity contribution in [3.8, 4) is 0 Å². The summed E-state index contributed by atoms with van der Waals surface area (Å²) < 4.78 is 6.64. The Morgan fingerprint density at radius 1 is 1.68 bits per heavy atom. The molecule has 6 nitrogen and oxygen atoms in total. The summed E-state index contributed by atoms with van der Waals surface area (Å²) in [6.45, 7) is 3.16. The molecule has 1 unspecified atom stereocenters. The number of ether oxygens (including phenoxy) is 1. The van der Waals surface area contributed by atoms with Gasteiger partial charge in [0.15, 0.2) is 0 Å². The normalized spacial score (nSPS) is 16.4. The molecule has 0 radical (unpaired) electrons. The molecule has 1 aromatic heterocycles. The quantitative estimate of drug-likeness (QED) is 0.702. The zero-order valence-corrected chi connectivity index (χ0v) is 11.4. The molecule has 1 aliphatic rings. The standard InChI is InChI=1S/C13H21N3O3/c1-3-19-13(18)10-6-15-16(2)11(10)7-14-8-12(17)9-4-5-9/h6,9,12,14,17H,3-5,7-8H2,1-2H3. The Morgan fingerprint density at radius 2 is 2.42 bits per heavy atom. The molecule has 1 atom stereocenters. The molecule has 1 fully saturated rings. The van der Waals surface area contributed by atoms with Gasteiger partial charge in [0.25, 0.3) is 0 Å². The highest BCUT2D eigenvalue weighted by Crippen LogP contribution is 2.32. The third-order valence-electron chi connectivity index (χ3n) is 3.37. The minimum absolute atomic E-state index is 0.292. The van der Waals surface area contributed by atoms with Crippen LogP contribution in [-0.2, 0) is 18.3 Å². The van der Waals surface area contributed by atoms with Crippen molar-refractivity contribution < 1.29 is 14.6 Å². The van der Waals surface area contributed by atoms with Gasteiger partial charge in [0.05, 0.1) is 24.6 Å². The van der Waals surface area contributed by atoms with Crippen molar-refractivity contribution in [3.63, 3.8) is 0 Å². The molecule has 2 rings (SSSR count). The molecular weight excluding hydrogens is 246 g/mol. The minimum atomic E-state index is -0.352. The van der Waals surface area contributed by atoms with Crippen LogP contribution in [0.3, 0.4) is 0 Å². The fourth-order valence-electron chi connectivity index (χ4n) is 2.04. The van der Waals surface area contributed by atoms with E-state index in [1.807, 2.05) is 0 Å². The van der Waals surface area contributed by atoms with Crippen LogP contribution < -0.4 is 5.32 Å². The largest absolute Gasteiger partial charge is 0.462 e. The van der Waals surface area contributed by atoms with Crippen molar-refractivity contribution in [3.05, 3.63) is 17.5 Å². The van der Waals surface area contributed by atoms with Gasteiger partial charge < -0.3 is 15.2 Å². The highest BCUT2D eigenvalue weighted by Gasteiger charge is 2.29. The molecule has 106 valence electrons. The van der Waals surface area contributed by atoms with Crippen LogP contribution in [0.4, 0.5) is 0 Å². The van der Waals surface area contributed by atoms with E-state index < -0.39 is 0 Å². The minimum Gasteiger partial charge on any atom is -0.462 e. The van der Waals surface area contributed by atoms with Crippen molar-refractivity contribution in [1.82, 2.24) is 15.1 Å². The fourth-order valence-corrected chi connectivity index (χ4v) is 2.04. The van der Waals surface area contributed by atoms with E-state index in [-0.39, 0.29) is 12.1 Å². The molecule has 1 heterocycles. The molecule has 19 heavy (non-hydrogen) atoms. The molecule has 1 saturated carbocycles. The Balaban J connectivity index is 1.90. The summed E-state index contributed by atoms with van der Waals surface area (Å²) >= 11 is 0. The van der Waals surface area contributed by atoms with E-state index in [9.17, 15) is 9.90 Å². The van der Waals surface area contributed by atoms with Gasteiger partial charge in [-0.2, -0.15) is 5.10 Å². The Labute approximate surface area is 112 Å². The van der Waals surface area contributed by atoms with Gasteiger partial charge in [0, 0.05) is 20.1 Å². The third kappa shape index (κ3) is 3.54. The van der Waals surface area contributed by atoms with E-state index in [4.69, 9.17) is 4.74 Å². The summed E-state index contributed by atoms with van der Waals surface area (Å²) in [5.41, 5.74) is 1.26. The second-order valence-corrected chi connectivity index (χ2v) is 4.88. The van der Waals surface area contributed by atoms with Crippen LogP contribution in [0, 0.1) is 5.92 Å². The Hall–Kier alpha value is -1.40. The molecule has 1 aromatic rings. The Morgan fingerprint density at radius 3 is 3.05 bits per heavy atom. The second kappa shape index (κ2) is 6.16. The fraction of sp³-hybridized carbons (Fsp3) is 0.692. The lowest BCUT2D eigenvalue weighted by atomic mass is 10.2. The SMILES string of the molecule is CCOC(=O)c1cnn(C)c1CNCC(O)C1CC1. The monoisotopic (exact) mass is 267 g/mol. The van der Waals surface area contributed by atoms with Crippen molar-refractivity contribution in [2.45, 2.75) is 32.4 Å². The highest BCUT2D eigenvalue weighted by atomic mass is 16.5. The average Bonchev–Trinajstić information content (AvgIpc) is 3.16. The molecule has 0 saturated heterocycles. The summed E-state index contributed by atoms with van der Waals surface area (Å²) in [5, 5.41) is 17.0. The number of aliphatic hydroxyl groups is 1. The maximum Gasteiger partial charge on any atom is 0.341 e. The number of aryl methyl sites for hydroxylation is 1. The number of nitrogens with zero attached hydrogens (tertiary/aromatic N) is 2. The Kier molecular flexibility index (Phi) is 4.55. The maximum absolute atomic E-state index is 11.7. The zero-order chi connectivity index (χ0) is 13.8. The van der Waals surface area contributed by atoms with Crippen LogP contribution in [0.2, 0.25) is 0 Å². The number of aromatic nitrogens is 2. The topological polar surface area (TPSA) is 76.4 Å². The van der Waals surface area contributed by atoms with E-state index in [0.29, 0.717) is 31.2 Å². The van der Waals surface area contributed by atoms with Crippen molar-refractivity contribution >= 4 is 5.97 Å². The van der Waals surface area contributed by atoms with Crippen LogP contribution in [-0.4, -0.2) is 40.1 Å². The summed E-state index contributed by atoms with van der Waals surface area (Å²) in [6.07, 6.45) is 3.46. The molecule has 2 N–H and O–H groups in total. The molecule has 1 aliphatic carbocycles. The third-order valence-corrected chi connectivity index (χ3v) is 3.37. The van der Waals surface area contributed by atoms with Gasteiger partial charge in [0.2, 0.25) is 0 Å². The predicted molar refractivity (Wildman–Crippen MR) is 69.6 cm³/mol. The number of hydrogen-bond acceptors (Lipinski definition) is 5. The molecule has 0 aliphatic heterocycles. The van der Waals surface area contributed by atoms with E-state index in [1.54, 1.807) is 18.7 Å². The van der Waals surface area contributed by atoms with Crippen LogP contribution in [0.15, 0.2) is 6.20 Å². The lowest BCUT2D eigenvalue weighted by Crippen LogP contribution is -2.29. The average molecular weight is 267 g/mol. The molecule has 0 bridgehead atoms. The number of carbonyl (C=O) groups is 1. The van der Waals surface area contributed by atoms with Crippen molar-refractivity contribution in [2.75, 3.05) is 13.2 Å². The van der Waals surface area contributed by atoms with Gasteiger partial charge in [-0.25, -0.2) is 4.79 Å². The van der Waals surface area contributed by atoms with Crippen molar-refractivity contribution in [2.24, 2.45) is 13.0 Å². The van der Waals surface area contributed by atoms with Gasteiger partial charge >= 0.3 is 5.97 Å². The second-order valence-electron chi connectivity index (χ2n) is 4.88. The van der Waals surface area contributed by atoms with Gasteiger partial charge in [-0.3, -0.25) is 4.68 Å². The predicted octanol–water partition coefficient (Wildman–Crippen LogP) is 0.457. The first-order chi connectivity index (χ1) is 9.13. The number of aliphatic hydroxyl groups excluding tert-OH is 1. The molecule has 0 spiro atoms. The number of esters is 1. The van der Waals surface area contributed by atoms with Crippen molar-refractivity contribution in [1.29, 1.82) is 0 Å². The van der Waals surface area contributed by atoms with Crippen LogP contribution in [0.1, 0.15) is 35.8 Å². The van der Waals surface area contributed by atoms with Gasteiger partial charge in [-0.15, -0.1) is 0 Å². The van der Waals surface area contributed by atoms with E-state index >= 15 is 0 Å². The first-order valence-corrected chi connectivity index (χ1v) is 6.70. The highest BCUT2D eigenvalue weighted by molar-refractivity contribution is 5.90. The van der Waals surface area contributed by atoms with Crippen LogP contribution >= 0.6 is 0 Å². The zero-order valence-electron chi connectivity index (χ0n) is 11.4. The summed E-state index contributed by atoms with van der Waals surface area (Å²) in [7, 11) is 1.79. The summed E-state index contributed by atoms with van der Waals surface area (Å²) in [6, 6.07) is 0. The first kappa shape index (κ1) is 14.0. The number of rotatable bonds is 7. The van der Waals surface area contributed by atoms with Gasteiger partial charge in [-0.1, -0.05) is 0 Å². The van der Waals surface area contributed by atoms with E-state index in [1.165, 1.54) is 6.20 Å².